The van der Waals surface area contributed by atoms with Crippen molar-refractivity contribution in [3.05, 3.63) is 100 Å². The van der Waals surface area contributed by atoms with Crippen molar-refractivity contribution in [3.8, 4) is 5.75 Å². The van der Waals surface area contributed by atoms with Gasteiger partial charge in [0.2, 0.25) is 0 Å². The van der Waals surface area contributed by atoms with Gasteiger partial charge in [-0.2, -0.15) is 0 Å². The van der Waals surface area contributed by atoms with Crippen LogP contribution in [-0.2, 0) is 17.8 Å². The van der Waals surface area contributed by atoms with E-state index >= 15 is 0 Å². The molecule has 1 aliphatic heterocycles. The van der Waals surface area contributed by atoms with Gasteiger partial charge in [-0.25, -0.2) is 4.39 Å². The molecule has 4 N–H and O–H groups in total. The summed E-state index contributed by atoms with van der Waals surface area (Å²) in [7, 11) is 0. The first-order valence-corrected chi connectivity index (χ1v) is 12.2. The van der Waals surface area contributed by atoms with E-state index < -0.39 is 42.9 Å². The first-order chi connectivity index (χ1) is 17.8. The quantitative estimate of drug-likeness (QED) is 0.288. The van der Waals surface area contributed by atoms with Crippen molar-refractivity contribution in [1.29, 1.82) is 0 Å². The van der Waals surface area contributed by atoms with E-state index in [0.717, 1.165) is 11.1 Å². The minimum Gasteiger partial charge on any atom is -0.486 e. The summed E-state index contributed by atoms with van der Waals surface area (Å²) >= 11 is 6.43. The average Bonchev–Trinajstić information content (AvgIpc) is 3.33. The van der Waals surface area contributed by atoms with E-state index in [1.54, 1.807) is 36.4 Å². The largest absolute Gasteiger partial charge is 0.486 e. The number of aliphatic hydroxyl groups excluding tert-OH is 4. The first-order valence-electron chi connectivity index (χ1n) is 11.8. The van der Waals surface area contributed by atoms with Crippen LogP contribution in [0.15, 0.2) is 71.1 Å². The Labute approximate surface area is 217 Å². The molecule has 5 atom stereocenters. The zero-order chi connectivity index (χ0) is 26.1. The minimum atomic E-state index is -1.46. The van der Waals surface area contributed by atoms with Gasteiger partial charge in [0.05, 0.1) is 6.61 Å². The Balaban J connectivity index is 1.26. The third kappa shape index (κ3) is 5.36. The van der Waals surface area contributed by atoms with Crippen molar-refractivity contribution in [3.63, 3.8) is 0 Å². The van der Waals surface area contributed by atoms with E-state index in [2.05, 4.69) is 0 Å². The van der Waals surface area contributed by atoms with Crippen LogP contribution in [0.1, 0.15) is 28.6 Å². The highest BCUT2D eigenvalue weighted by Crippen LogP contribution is 2.34. The van der Waals surface area contributed by atoms with E-state index in [-0.39, 0.29) is 12.2 Å². The summed E-state index contributed by atoms with van der Waals surface area (Å²) in [5, 5.41) is 41.3. The van der Waals surface area contributed by atoms with E-state index in [4.69, 9.17) is 25.5 Å². The molecule has 9 heteroatoms. The van der Waals surface area contributed by atoms with Crippen molar-refractivity contribution in [2.45, 2.75) is 43.5 Å². The van der Waals surface area contributed by atoms with E-state index in [1.807, 2.05) is 24.3 Å². The second kappa shape index (κ2) is 10.8. The number of benzene rings is 3. The molecule has 2 heterocycles. The summed E-state index contributed by atoms with van der Waals surface area (Å²) in [4.78, 5) is 0. The number of para-hydroxylation sites is 1. The molecule has 3 aromatic carbocycles. The maximum atomic E-state index is 13.8. The fourth-order valence-electron chi connectivity index (χ4n) is 4.51. The normalized spacial score (nSPS) is 23.9. The Morgan fingerprint density at radius 3 is 2.43 bits per heavy atom. The van der Waals surface area contributed by atoms with Crippen LogP contribution < -0.4 is 4.74 Å². The maximum absolute atomic E-state index is 13.8. The molecule has 4 aromatic rings. The smallest absolute Gasteiger partial charge is 0.170 e. The number of furan rings is 1. The Kier molecular flexibility index (Phi) is 7.48. The van der Waals surface area contributed by atoms with Gasteiger partial charge in [0, 0.05) is 10.4 Å². The van der Waals surface area contributed by atoms with Gasteiger partial charge in [-0.1, -0.05) is 48.0 Å². The SMILES string of the molecule is OC[C@H]1O[C@@H](c2ccc(Cl)c(Cc3ccc(OCc4cc5cccc(F)c5o4)cc3)c2)[C@H](O)[C@@H](O)[C@@H]1O. The fourth-order valence-corrected chi connectivity index (χ4v) is 4.70. The van der Waals surface area contributed by atoms with Crippen molar-refractivity contribution in [2.75, 3.05) is 6.61 Å². The van der Waals surface area contributed by atoms with Gasteiger partial charge in [0.1, 0.15) is 48.6 Å². The zero-order valence-corrected chi connectivity index (χ0v) is 20.4. The van der Waals surface area contributed by atoms with Crippen molar-refractivity contribution < 1.29 is 38.7 Å². The van der Waals surface area contributed by atoms with E-state index in [0.29, 0.717) is 33.9 Å². The van der Waals surface area contributed by atoms with E-state index in [1.165, 1.54) is 6.07 Å². The monoisotopic (exact) mass is 528 g/mol. The summed E-state index contributed by atoms with van der Waals surface area (Å²) < 4.78 is 30.8. The highest BCUT2D eigenvalue weighted by molar-refractivity contribution is 6.31. The number of fused-ring (bicyclic) bond motifs is 1. The standard InChI is InChI=1S/C28H26ClFO7/c29-21-9-6-17(28-26(34)25(33)24(32)23(13-31)37-28)11-18(21)10-15-4-7-19(8-5-15)35-14-20-12-16-2-1-3-22(30)27(16)36-20/h1-9,11-12,23-26,28,31-34H,10,13-14H2/t23-,24-,25+,26-,28+/m1/s1. The Hall–Kier alpha value is -2.98. The Morgan fingerprint density at radius 2 is 1.70 bits per heavy atom. The van der Waals surface area contributed by atoms with Crippen LogP contribution in [-0.4, -0.2) is 51.4 Å². The number of halogens is 2. The van der Waals surface area contributed by atoms with Gasteiger partial charge in [-0.15, -0.1) is 0 Å². The molecule has 0 spiro atoms. The van der Waals surface area contributed by atoms with Crippen LogP contribution in [0.4, 0.5) is 4.39 Å². The molecule has 0 bridgehead atoms. The fraction of sp³-hybridized carbons (Fsp3) is 0.286. The zero-order valence-electron chi connectivity index (χ0n) is 19.6. The molecule has 37 heavy (non-hydrogen) atoms. The lowest BCUT2D eigenvalue weighted by atomic mass is 9.90. The number of ether oxygens (including phenoxy) is 2. The third-order valence-electron chi connectivity index (χ3n) is 6.54. The first kappa shape index (κ1) is 25.7. The van der Waals surface area contributed by atoms with Gasteiger partial charge in [-0.3, -0.25) is 0 Å². The third-order valence-corrected chi connectivity index (χ3v) is 6.91. The predicted octanol–water partition coefficient (Wildman–Crippen LogP) is 3.91. The van der Waals surface area contributed by atoms with Crippen LogP contribution in [0, 0.1) is 5.82 Å². The summed E-state index contributed by atoms with van der Waals surface area (Å²) in [5.74, 6) is 0.717. The predicted molar refractivity (Wildman–Crippen MR) is 134 cm³/mol. The van der Waals surface area contributed by atoms with Crippen LogP contribution >= 0.6 is 11.6 Å². The Morgan fingerprint density at radius 1 is 0.919 bits per heavy atom. The highest BCUT2D eigenvalue weighted by atomic mass is 35.5. The Bertz CT molecular complexity index is 1370. The van der Waals surface area contributed by atoms with Crippen LogP contribution in [0.5, 0.6) is 5.75 Å². The number of rotatable bonds is 7. The molecular formula is C28H26ClFO7. The molecule has 5 rings (SSSR count). The second-order valence-electron chi connectivity index (χ2n) is 9.08. The highest BCUT2D eigenvalue weighted by Gasteiger charge is 2.44. The summed E-state index contributed by atoms with van der Waals surface area (Å²) in [6.45, 7) is -0.343. The van der Waals surface area contributed by atoms with Gasteiger partial charge < -0.3 is 34.3 Å². The molecule has 0 aliphatic carbocycles. The van der Waals surface area contributed by atoms with Gasteiger partial charge in [-0.05, 0) is 53.4 Å². The lowest BCUT2D eigenvalue weighted by Crippen LogP contribution is -2.55. The molecule has 194 valence electrons. The number of hydrogen-bond acceptors (Lipinski definition) is 7. The topological polar surface area (TPSA) is 113 Å². The molecule has 1 aromatic heterocycles. The van der Waals surface area contributed by atoms with Gasteiger partial charge >= 0.3 is 0 Å². The molecule has 0 saturated carbocycles. The van der Waals surface area contributed by atoms with Crippen molar-refractivity contribution >= 4 is 22.6 Å². The molecule has 0 radical (unpaired) electrons. The molecule has 0 amide bonds. The number of aliphatic hydroxyl groups is 4. The summed E-state index contributed by atoms with van der Waals surface area (Å²) in [5.41, 5.74) is 2.50. The summed E-state index contributed by atoms with van der Waals surface area (Å²) in [6.07, 6.45) is -5.69. The minimum absolute atomic E-state index is 0.153. The molecular weight excluding hydrogens is 503 g/mol. The lowest BCUT2D eigenvalue weighted by Gasteiger charge is -2.40. The van der Waals surface area contributed by atoms with Gasteiger partial charge in [0.25, 0.3) is 0 Å². The summed E-state index contributed by atoms with van der Waals surface area (Å²) in [6, 6.07) is 19.1. The van der Waals surface area contributed by atoms with E-state index in [9.17, 15) is 24.8 Å². The van der Waals surface area contributed by atoms with Crippen LogP contribution in [0.2, 0.25) is 5.02 Å². The van der Waals surface area contributed by atoms with Crippen molar-refractivity contribution in [1.82, 2.24) is 0 Å². The maximum Gasteiger partial charge on any atom is 0.170 e. The molecule has 7 nitrogen and oxygen atoms in total. The van der Waals surface area contributed by atoms with Gasteiger partial charge in [0.15, 0.2) is 11.4 Å². The van der Waals surface area contributed by atoms with Crippen molar-refractivity contribution in [2.24, 2.45) is 0 Å². The second-order valence-corrected chi connectivity index (χ2v) is 9.49. The lowest BCUT2D eigenvalue weighted by molar-refractivity contribution is -0.231. The average molecular weight is 529 g/mol. The molecule has 1 fully saturated rings. The van der Waals surface area contributed by atoms with Crippen LogP contribution in [0.25, 0.3) is 11.0 Å². The molecule has 0 unspecified atom stereocenters. The molecule has 1 saturated heterocycles. The van der Waals surface area contributed by atoms with Crippen LogP contribution in [0.3, 0.4) is 0 Å². The number of hydrogen-bond donors (Lipinski definition) is 4. The molecule has 1 aliphatic rings.